The van der Waals surface area contributed by atoms with Crippen LogP contribution in [0.4, 0.5) is 5.69 Å². The fourth-order valence-electron chi connectivity index (χ4n) is 1.49. The van der Waals surface area contributed by atoms with Crippen molar-refractivity contribution in [3.8, 4) is 11.6 Å². The van der Waals surface area contributed by atoms with E-state index in [-0.39, 0.29) is 5.69 Å². The highest BCUT2D eigenvalue weighted by Crippen LogP contribution is 2.31. The van der Waals surface area contributed by atoms with E-state index >= 15 is 0 Å². The van der Waals surface area contributed by atoms with Crippen molar-refractivity contribution >= 4 is 33.2 Å². The summed E-state index contributed by atoms with van der Waals surface area (Å²) in [7, 11) is 0. The molecule has 1 aromatic heterocycles. The Hall–Kier alpha value is -1.66. The van der Waals surface area contributed by atoms with E-state index in [1.165, 1.54) is 18.3 Å². The van der Waals surface area contributed by atoms with Crippen LogP contribution in [0.25, 0.3) is 0 Å². The van der Waals surface area contributed by atoms with Crippen molar-refractivity contribution in [2.75, 3.05) is 0 Å². The quantitative estimate of drug-likeness (QED) is 0.607. The number of aromatic nitrogens is 1. The summed E-state index contributed by atoms with van der Waals surface area (Å²) in [6, 6.07) is 6.16. The van der Waals surface area contributed by atoms with E-state index in [4.69, 9.17) is 16.3 Å². The first kappa shape index (κ1) is 13.8. The van der Waals surface area contributed by atoms with E-state index in [0.717, 1.165) is 0 Å². The fraction of sp³-hybridized carbons (Fsp3) is 0.0833. The van der Waals surface area contributed by atoms with Gasteiger partial charge in [0.05, 0.1) is 14.4 Å². The average molecular weight is 344 g/mol. The van der Waals surface area contributed by atoms with Gasteiger partial charge in [0.1, 0.15) is 5.75 Å². The number of benzene rings is 1. The fourth-order valence-corrected chi connectivity index (χ4v) is 2.20. The number of nitrogens with zero attached hydrogens (tertiary/aromatic N) is 2. The van der Waals surface area contributed by atoms with E-state index in [1.54, 1.807) is 19.1 Å². The van der Waals surface area contributed by atoms with Crippen LogP contribution in [0.3, 0.4) is 0 Å². The molecule has 0 unspecified atom stereocenters. The molecule has 5 nitrogen and oxygen atoms in total. The summed E-state index contributed by atoms with van der Waals surface area (Å²) in [6.45, 7) is 1.65. The van der Waals surface area contributed by atoms with E-state index < -0.39 is 4.92 Å². The van der Waals surface area contributed by atoms with Gasteiger partial charge in [-0.1, -0.05) is 11.6 Å². The van der Waals surface area contributed by atoms with E-state index in [1.807, 2.05) is 0 Å². The lowest BCUT2D eigenvalue weighted by molar-refractivity contribution is -0.385. The SMILES string of the molecule is Cc1cc(Oc2ncc(Cl)cc2Br)ccc1[N+](=O)[O-]. The molecule has 0 bridgehead atoms. The second kappa shape index (κ2) is 5.54. The van der Waals surface area contributed by atoms with Crippen LogP contribution in [0.15, 0.2) is 34.9 Å². The van der Waals surface area contributed by atoms with E-state index in [2.05, 4.69) is 20.9 Å². The Bertz CT molecular complexity index is 649. The average Bonchev–Trinajstić information content (AvgIpc) is 2.32. The van der Waals surface area contributed by atoms with Gasteiger partial charge >= 0.3 is 0 Å². The molecular formula is C12H8BrClN2O3. The third-order valence-corrected chi connectivity index (χ3v) is 3.13. The molecule has 98 valence electrons. The zero-order valence-electron chi connectivity index (χ0n) is 9.76. The van der Waals surface area contributed by atoms with Gasteiger partial charge in [-0.2, -0.15) is 0 Å². The third-order valence-electron chi connectivity index (χ3n) is 2.35. The summed E-state index contributed by atoms with van der Waals surface area (Å²) in [5.74, 6) is 0.816. The van der Waals surface area contributed by atoms with Crippen molar-refractivity contribution in [1.29, 1.82) is 0 Å². The predicted molar refractivity (Wildman–Crippen MR) is 74.9 cm³/mol. The molecule has 0 fully saturated rings. The minimum atomic E-state index is -0.435. The highest BCUT2D eigenvalue weighted by Gasteiger charge is 2.12. The van der Waals surface area contributed by atoms with Crippen molar-refractivity contribution in [1.82, 2.24) is 4.98 Å². The van der Waals surface area contributed by atoms with Crippen LogP contribution in [-0.2, 0) is 0 Å². The van der Waals surface area contributed by atoms with Crippen molar-refractivity contribution < 1.29 is 9.66 Å². The molecule has 1 aromatic carbocycles. The maximum atomic E-state index is 10.7. The van der Waals surface area contributed by atoms with Crippen LogP contribution in [-0.4, -0.2) is 9.91 Å². The first-order chi connectivity index (χ1) is 8.97. The van der Waals surface area contributed by atoms with Crippen LogP contribution in [0.2, 0.25) is 5.02 Å². The van der Waals surface area contributed by atoms with Gasteiger partial charge < -0.3 is 4.74 Å². The molecule has 0 amide bonds. The minimum absolute atomic E-state index is 0.0514. The summed E-state index contributed by atoms with van der Waals surface area (Å²) in [6.07, 6.45) is 1.46. The Morgan fingerprint density at radius 2 is 2.16 bits per heavy atom. The number of nitro benzene ring substituents is 1. The predicted octanol–water partition coefficient (Wildman–Crippen LogP) is 4.51. The molecule has 2 aromatic rings. The first-order valence-electron chi connectivity index (χ1n) is 5.21. The number of pyridine rings is 1. The number of hydrogen-bond acceptors (Lipinski definition) is 4. The molecule has 0 saturated heterocycles. The van der Waals surface area contributed by atoms with Crippen LogP contribution >= 0.6 is 27.5 Å². The molecule has 0 aliphatic carbocycles. The molecule has 0 aliphatic heterocycles. The number of ether oxygens (including phenoxy) is 1. The van der Waals surface area contributed by atoms with Crippen molar-refractivity contribution in [3.05, 3.63) is 55.6 Å². The normalized spacial score (nSPS) is 10.3. The Labute approximate surface area is 122 Å². The van der Waals surface area contributed by atoms with Crippen LogP contribution in [0.5, 0.6) is 11.6 Å². The Kier molecular flexibility index (Phi) is 4.01. The lowest BCUT2D eigenvalue weighted by atomic mass is 10.2. The van der Waals surface area contributed by atoms with Gasteiger partial charge in [0.15, 0.2) is 0 Å². The Morgan fingerprint density at radius 1 is 1.42 bits per heavy atom. The Balaban J connectivity index is 2.29. The lowest BCUT2D eigenvalue weighted by Crippen LogP contribution is -1.93. The lowest BCUT2D eigenvalue weighted by Gasteiger charge is -2.07. The minimum Gasteiger partial charge on any atom is -0.438 e. The standard InChI is InChI=1S/C12H8BrClN2O3/c1-7-4-9(2-3-11(7)16(17)18)19-12-10(13)5-8(14)6-15-12/h2-6H,1H3. The second-order valence-corrected chi connectivity index (χ2v) is 5.04. The van der Waals surface area contributed by atoms with Crippen LogP contribution < -0.4 is 4.74 Å². The molecule has 1 heterocycles. The van der Waals surface area contributed by atoms with Crippen molar-refractivity contribution in [3.63, 3.8) is 0 Å². The van der Waals surface area contributed by atoms with Crippen molar-refractivity contribution in [2.24, 2.45) is 0 Å². The molecule has 0 aliphatic rings. The largest absolute Gasteiger partial charge is 0.438 e. The molecule has 19 heavy (non-hydrogen) atoms. The highest BCUT2D eigenvalue weighted by molar-refractivity contribution is 9.10. The van der Waals surface area contributed by atoms with Crippen molar-refractivity contribution in [2.45, 2.75) is 6.92 Å². The zero-order chi connectivity index (χ0) is 14.0. The monoisotopic (exact) mass is 342 g/mol. The van der Waals surface area contributed by atoms with Gasteiger partial charge in [-0.05, 0) is 41.1 Å². The van der Waals surface area contributed by atoms with Gasteiger partial charge in [0.25, 0.3) is 5.69 Å². The summed E-state index contributed by atoms with van der Waals surface area (Å²) < 4.78 is 6.15. The summed E-state index contributed by atoms with van der Waals surface area (Å²) in [5.41, 5.74) is 0.572. The molecular weight excluding hydrogens is 336 g/mol. The number of hydrogen-bond donors (Lipinski definition) is 0. The van der Waals surface area contributed by atoms with Gasteiger partial charge in [0, 0.05) is 17.8 Å². The second-order valence-electron chi connectivity index (χ2n) is 3.75. The number of halogens is 2. The summed E-state index contributed by atoms with van der Waals surface area (Å²) >= 11 is 9.06. The van der Waals surface area contributed by atoms with Gasteiger partial charge in [0.2, 0.25) is 5.88 Å². The van der Waals surface area contributed by atoms with Gasteiger partial charge in [-0.15, -0.1) is 0 Å². The van der Waals surface area contributed by atoms with Crippen LogP contribution in [0, 0.1) is 17.0 Å². The highest BCUT2D eigenvalue weighted by atomic mass is 79.9. The molecule has 0 saturated carbocycles. The van der Waals surface area contributed by atoms with Crippen LogP contribution in [0.1, 0.15) is 5.56 Å². The Morgan fingerprint density at radius 3 is 2.74 bits per heavy atom. The molecule has 0 atom stereocenters. The zero-order valence-corrected chi connectivity index (χ0v) is 12.1. The first-order valence-corrected chi connectivity index (χ1v) is 6.38. The summed E-state index contributed by atoms with van der Waals surface area (Å²) in [5, 5.41) is 11.2. The maximum Gasteiger partial charge on any atom is 0.272 e. The van der Waals surface area contributed by atoms with E-state index in [0.29, 0.717) is 26.7 Å². The molecule has 0 radical (unpaired) electrons. The molecule has 7 heteroatoms. The number of aryl methyl sites for hydroxylation is 1. The third kappa shape index (κ3) is 3.21. The van der Waals surface area contributed by atoms with Gasteiger partial charge in [-0.3, -0.25) is 10.1 Å². The van der Waals surface area contributed by atoms with Gasteiger partial charge in [-0.25, -0.2) is 4.98 Å². The number of rotatable bonds is 3. The number of nitro groups is 1. The maximum absolute atomic E-state index is 10.7. The summed E-state index contributed by atoms with van der Waals surface area (Å²) in [4.78, 5) is 14.3. The molecule has 2 rings (SSSR count). The topological polar surface area (TPSA) is 65.3 Å². The smallest absolute Gasteiger partial charge is 0.272 e. The molecule has 0 N–H and O–H groups in total. The molecule has 0 spiro atoms. The van der Waals surface area contributed by atoms with E-state index in [9.17, 15) is 10.1 Å².